The molecule has 0 aromatic rings. The van der Waals surface area contributed by atoms with Crippen LogP contribution in [0.5, 0.6) is 0 Å². The molecule has 0 aromatic carbocycles. The van der Waals surface area contributed by atoms with Gasteiger partial charge in [-0.3, -0.25) is 19.3 Å². The molecule has 7 heteroatoms. The maximum atomic E-state index is 12.6. The molecule has 0 saturated heterocycles. The first-order chi connectivity index (χ1) is 14.0. The van der Waals surface area contributed by atoms with E-state index in [0.29, 0.717) is 26.3 Å². The summed E-state index contributed by atoms with van der Waals surface area (Å²) in [5.41, 5.74) is -0.733. The molecule has 0 atom stereocenters. The second-order valence-electron chi connectivity index (χ2n) is 9.67. The molecule has 1 aliphatic heterocycles. The molecule has 0 aromatic heterocycles. The fourth-order valence-electron chi connectivity index (χ4n) is 3.64. The Balaban J connectivity index is 1.70. The Morgan fingerprint density at radius 3 is 2.30 bits per heavy atom. The van der Waals surface area contributed by atoms with Crippen LogP contribution in [0.4, 0.5) is 0 Å². The minimum atomic E-state index is -0.510. The molecule has 3 amide bonds. The molecule has 0 bridgehead atoms. The lowest BCUT2D eigenvalue weighted by molar-refractivity contribution is -0.138. The van der Waals surface area contributed by atoms with Gasteiger partial charge >= 0.3 is 0 Å². The van der Waals surface area contributed by atoms with E-state index in [4.69, 9.17) is 15.9 Å². The number of rotatable bonds is 10. The molecule has 1 fully saturated rings. The molecule has 1 heterocycles. The van der Waals surface area contributed by atoms with Gasteiger partial charge in [0.1, 0.15) is 12.7 Å². The highest BCUT2D eigenvalue weighted by Gasteiger charge is 2.32. The topological polar surface area (TPSA) is 84.9 Å². The van der Waals surface area contributed by atoms with E-state index in [1.807, 2.05) is 27.7 Å². The Morgan fingerprint density at radius 2 is 1.73 bits per heavy atom. The zero-order chi connectivity index (χ0) is 22.4. The first-order valence-corrected chi connectivity index (χ1v) is 10.6. The third kappa shape index (κ3) is 7.17. The van der Waals surface area contributed by atoms with Gasteiger partial charge in [-0.05, 0) is 45.4 Å². The summed E-state index contributed by atoms with van der Waals surface area (Å²) in [6, 6.07) is 0. The smallest absolute Gasteiger partial charge is 0.253 e. The van der Waals surface area contributed by atoms with Crippen molar-refractivity contribution in [1.82, 2.24) is 10.2 Å². The van der Waals surface area contributed by atoms with Gasteiger partial charge in [0.2, 0.25) is 5.91 Å². The van der Waals surface area contributed by atoms with E-state index in [1.165, 1.54) is 17.1 Å². The lowest BCUT2D eigenvalue weighted by Crippen LogP contribution is -2.45. The van der Waals surface area contributed by atoms with Gasteiger partial charge in [-0.15, -0.1) is 0 Å². The molecule has 1 N–H and O–H groups in total. The minimum absolute atomic E-state index is 0.0371. The van der Waals surface area contributed by atoms with Gasteiger partial charge < -0.3 is 14.8 Å². The summed E-state index contributed by atoms with van der Waals surface area (Å²) in [6.07, 6.45) is 13.1. The largest absolute Gasteiger partial charge is 0.446 e. The molecule has 1 saturated carbocycles. The fraction of sp³-hybridized carbons (Fsp3) is 0.696. The lowest BCUT2D eigenvalue weighted by atomic mass is 9.81. The molecule has 1 aliphatic carbocycles. The molecular weight excluding hydrogens is 384 g/mol. The number of carbonyl (C=O) groups excluding carboxylic acids is 3. The van der Waals surface area contributed by atoms with Gasteiger partial charge in [0.15, 0.2) is 0 Å². The van der Waals surface area contributed by atoms with Crippen LogP contribution in [0, 0.1) is 29.8 Å². The number of hydrogen-bond acceptors (Lipinski definition) is 5. The zero-order valence-electron chi connectivity index (χ0n) is 18.5. The van der Waals surface area contributed by atoms with Crippen LogP contribution < -0.4 is 5.32 Å². The zero-order valence-corrected chi connectivity index (χ0v) is 18.5. The predicted molar refractivity (Wildman–Crippen MR) is 113 cm³/mol. The van der Waals surface area contributed by atoms with E-state index in [-0.39, 0.29) is 35.0 Å². The predicted octanol–water partition coefficient (Wildman–Crippen LogP) is 2.26. The van der Waals surface area contributed by atoms with E-state index in [9.17, 15) is 14.4 Å². The molecule has 2 aliphatic rings. The first-order valence-electron chi connectivity index (χ1n) is 10.6. The minimum Gasteiger partial charge on any atom is -0.446 e. The highest BCUT2D eigenvalue weighted by molar-refractivity contribution is 6.12. The number of ether oxygens (including phenoxy) is 2. The second kappa shape index (κ2) is 10.1. The molecule has 0 spiro atoms. The van der Waals surface area contributed by atoms with Gasteiger partial charge in [-0.2, -0.15) is 0 Å². The number of imide groups is 1. The van der Waals surface area contributed by atoms with Crippen molar-refractivity contribution in [3.05, 3.63) is 12.2 Å². The lowest BCUT2D eigenvalue weighted by Gasteiger charge is -2.33. The Morgan fingerprint density at radius 1 is 1.13 bits per heavy atom. The van der Waals surface area contributed by atoms with Crippen LogP contribution in [0.3, 0.4) is 0 Å². The molecule has 2 rings (SSSR count). The van der Waals surface area contributed by atoms with Crippen molar-refractivity contribution >= 4 is 17.7 Å². The summed E-state index contributed by atoms with van der Waals surface area (Å²) in [4.78, 5) is 37.3. The van der Waals surface area contributed by atoms with E-state index in [2.05, 4.69) is 11.4 Å². The van der Waals surface area contributed by atoms with Gasteiger partial charge in [-0.25, -0.2) is 0 Å². The van der Waals surface area contributed by atoms with Crippen LogP contribution in [0.15, 0.2) is 12.2 Å². The van der Waals surface area contributed by atoms with Crippen LogP contribution >= 0.6 is 0 Å². The van der Waals surface area contributed by atoms with Crippen molar-refractivity contribution < 1.29 is 23.9 Å². The second-order valence-corrected chi connectivity index (χ2v) is 9.67. The van der Waals surface area contributed by atoms with Crippen LogP contribution in [0.25, 0.3) is 0 Å². The van der Waals surface area contributed by atoms with Gasteiger partial charge in [0.05, 0.1) is 12.2 Å². The van der Waals surface area contributed by atoms with E-state index < -0.39 is 5.60 Å². The van der Waals surface area contributed by atoms with Crippen molar-refractivity contribution in [3.8, 4) is 12.5 Å². The summed E-state index contributed by atoms with van der Waals surface area (Å²) in [7, 11) is 0. The molecule has 0 unspecified atom stereocenters. The van der Waals surface area contributed by atoms with Crippen LogP contribution in [0.1, 0.15) is 53.4 Å². The summed E-state index contributed by atoms with van der Waals surface area (Å²) in [5, 5.41) is 3.02. The Bertz CT molecular complexity index is 694. The van der Waals surface area contributed by atoms with Gasteiger partial charge in [-0.1, -0.05) is 20.3 Å². The highest BCUT2D eigenvalue weighted by Crippen LogP contribution is 2.30. The van der Waals surface area contributed by atoms with Crippen molar-refractivity contribution in [2.75, 3.05) is 26.3 Å². The first kappa shape index (κ1) is 23.9. The highest BCUT2D eigenvalue weighted by atomic mass is 16.5. The third-order valence-corrected chi connectivity index (χ3v) is 5.65. The fourth-order valence-corrected chi connectivity index (χ4v) is 3.64. The summed E-state index contributed by atoms with van der Waals surface area (Å²) in [5.74, 6) is -0.225. The number of carbonyl (C=O) groups is 3. The molecule has 166 valence electrons. The molecular formula is C23H34N2O5. The maximum absolute atomic E-state index is 12.6. The van der Waals surface area contributed by atoms with E-state index >= 15 is 0 Å². The quantitative estimate of drug-likeness (QED) is 0.435. The Kier molecular flexibility index (Phi) is 8.08. The average molecular weight is 419 g/mol. The Labute approximate surface area is 179 Å². The number of terminal acetylenes is 1. The normalized spacial score (nSPS) is 22.2. The average Bonchev–Trinajstić information content (AvgIpc) is 3.02. The van der Waals surface area contributed by atoms with Gasteiger partial charge in [0.25, 0.3) is 11.8 Å². The van der Waals surface area contributed by atoms with Crippen molar-refractivity contribution in [1.29, 1.82) is 0 Å². The van der Waals surface area contributed by atoms with Gasteiger partial charge in [0, 0.05) is 36.6 Å². The van der Waals surface area contributed by atoms with Crippen LogP contribution in [-0.2, 0) is 23.9 Å². The SMILES string of the molecule is C#COCC(C)(C)COC(C)(C)CNC(=O)C1CCC(CN2C(=O)C=CC2=O)CC1. The maximum Gasteiger partial charge on any atom is 0.253 e. The molecule has 0 radical (unpaired) electrons. The van der Waals surface area contributed by atoms with Crippen molar-refractivity contribution in [2.24, 2.45) is 17.3 Å². The number of hydrogen-bond donors (Lipinski definition) is 1. The molecule has 7 nitrogen and oxygen atoms in total. The standard InChI is InChI=1S/C23H34N2O5/c1-6-29-15-22(2,3)16-30-23(4,5)14-24-21(28)18-9-7-17(8-10-18)13-25-19(26)11-12-20(25)27/h1,11-12,17-18H,7-10,13-16H2,2-5H3,(H,24,28). The molecule has 30 heavy (non-hydrogen) atoms. The Hall–Kier alpha value is -2.33. The summed E-state index contributed by atoms with van der Waals surface area (Å²) < 4.78 is 11.0. The summed E-state index contributed by atoms with van der Waals surface area (Å²) >= 11 is 0. The number of nitrogens with one attached hydrogen (secondary N) is 1. The van der Waals surface area contributed by atoms with E-state index in [0.717, 1.165) is 25.7 Å². The van der Waals surface area contributed by atoms with Crippen molar-refractivity contribution in [2.45, 2.75) is 59.0 Å². The van der Waals surface area contributed by atoms with Crippen LogP contribution in [-0.4, -0.2) is 54.5 Å². The number of nitrogens with zero attached hydrogens (tertiary/aromatic N) is 1. The van der Waals surface area contributed by atoms with Crippen molar-refractivity contribution in [3.63, 3.8) is 0 Å². The third-order valence-electron chi connectivity index (χ3n) is 5.65. The monoisotopic (exact) mass is 418 g/mol. The number of amides is 3. The van der Waals surface area contributed by atoms with E-state index in [1.54, 1.807) is 0 Å². The summed E-state index contributed by atoms with van der Waals surface area (Å²) in [6.45, 7) is 9.64. The van der Waals surface area contributed by atoms with Crippen LogP contribution in [0.2, 0.25) is 0 Å².